The van der Waals surface area contributed by atoms with E-state index in [1.54, 1.807) is 10.9 Å². The fourth-order valence-electron chi connectivity index (χ4n) is 2.26. The summed E-state index contributed by atoms with van der Waals surface area (Å²) >= 11 is 5.27. The number of nitrogens with zero attached hydrogens (tertiary/aromatic N) is 3. The number of rotatable bonds is 6. The van der Waals surface area contributed by atoms with Gasteiger partial charge in [0.05, 0.1) is 12.8 Å². The first-order valence-electron chi connectivity index (χ1n) is 7.94. The highest BCUT2D eigenvalue weighted by Gasteiger charge is 2.08. The van der Waals surface area contributed by atoms with E-state index >= 15 is 0 Å². The van der Waals surface area contributed by atoms with Crippen molar-refractivity contribution in [1.82, 2.24) is 14.9 Å². The summed E-state index contributed by atoms with van der Waals surface area (Å²) in [6.45, 7) is 4.63. The van der Waals surface area contributed by atoms with Crippen LogP contribution < -0.4 is 10.3 Å². The molecule has 0 bridgehead atoms. The molecule has 128 valence electrons. The van der Waals surface area contributed by atoms with Gasteiger partial charge in [-0.1, -0.05) is 29.8 Å². The molecule has 1 aromatic heterocycles. The molecule has 0 aliphatic rings. The normalized spacial score (nSPS) is 11.0. The Kier molecular flexibility index (Phi) is 5.25. The first kappa shape index (κ1) is 16.9. The minimum absolute atomic E-state index is 0.435. The fourth-order valence-corrected chi connectivity index (χ4v) is 2.44. The number of hydrogen-bond acceptors (Lipinski definition) is 5. The summed E-state index contributed by atoms with van der Waals surface area (Å²) in [7, 11) is 0. The second-order valence-electron chi connectivity index (χ2n) is 5.41. The maximum atomic E-state index is 5.46. The van der Waals surface area contributed by atoms with Gasteiger partial charge in [-0.05, 0) is 55.9 Å². The highest BCUT2D eigenvalue weighted by molar-refractivity contribution is 7.71. The molecular weight excluding hydrogens is 334 g/mol. The highest BCUT2D eigenvalue weighted by Crippen LogP contribution is 2.20. The minimum Gasteiger partial charge on any atom is -0.494 e. The quantitative estimate of drug-likeness (QED) is 0.401. The molecule has 6 nitrogen and oxygen atoms in total. The SMILES string of the molecule is CCOc1ccc(-c2n[nH]c(=S)n2NN=Cc2ccc(C)cc2)cc1. The Hall–Kier alpha value is -2.93. The summed E-state index contributed by atoms with van der Waals surface area (Å²) in [5.74, 6) is 1.46. The number of hydrazone groups is 1. The molecule has 2 N–H and O–H groups in total. The van der Waals surface area contributed by atoms with Crippen LogP contribution in [0.3, 0.4) is 0 Å². The molecule has 0 radical (unpaired) electrons. The lowest BCUT2D eigenvalue weighted by Gasteiger charge is -2.07. The first-order valence-corrected chi connectivity index (χ1v) is 8.34. The van der Waals surface area contributed by atoms with Gasteiger partial charge in [0.25, 0.3) is 0 Å². The van der Waals surface area contributed by atoms with Crippen molar-refractivity contribution in [3.63, 3.8) is 0 Å². The van der Waals surface area contributed by atoms with Crippen molar-refractivity contribution in [2.75, 3.05) is 12.1 Å². The van der Waals surface area contributed by atoms with Crippen molar-refractivity contribution < 1.29 is 4.74 Å². The summed E-state index contributed by atoms with van der Waals surface area (Å²) in [5.41, 5.74) is 6.02. The van der Waals surface area contributed by atoms with E-state index in [4.69, 9.17) is 17.0 Å². The van der Waals surface area contributed by atoms with Crippen molar-refractivity contribution in [2.45, 2.75) is 13.8 Å². The average Bonchev–Trinajstić information content (AvgIpc) is 2.99. The van der Waals surface area contributed by atoms with Crippen molar-refractivity contribution in [2.24, 2.45) is 5.10 Å². The van der Waals surface area contributed by atoms with Gasteiger partial charge in [0, 0.05) is 5.56 Å². The molecule has 0 unspecified atom stereocenters. The Balaban J connectivity index is 1.79. The van der Waals surface area contributed by atoms with E-state index in [9.17, 15) is 0 Å². The van der Waals surface area contributed by atoms with Crippen LogP contribution in [0.2, 0.25) is 0 Å². The van der Waals surface area contributed by atoms with E-state index in [1.165, 1.54) is 5.56 Å². The third kappa shape index (κ3) is 4.13. The second-order valence-corrected chi connectivity index (χ2v) is 5.80. The van der Waals surface area contributed by atoms with Crippen LogP contribution in [0.5, 0.6) is 5.75 Å². The number of ether oxygens (including phenoxy) is 1. The molecule has 0 atom stereocenters. The van der Waals surface area contributed by atoms with Crippen LogP contribution in [-0.4, -0.2) is 27.7 Å². The molecule has 0 aliphatic carbocycles. The molecule has 0 saturated carbocycles. The summed E-state index contributed by atoms with van der Waals surface area (Å²) in [6.07, 6.45) is 1.73. The predicted octanol–water partition coefficient (Wildman–Crippen LogP) is 3.89. The molecule has 0 saturated heterocycles. The molecule has 1 heterocycles. The predicted molar refractivity (Wildman–Crippen MR) is 102 cm³/mol. The van der Waals surface area contributed by atoms with E-state index in [0.717, 1.165) is 16.9 Å². The number of H-pyrrole nitrogens is 1. The van der Waals surface area contributed by atoms with Crippen molar-refractivity contribution in [3.05, 3.63) is 64.4 Å². The number of aromatic amines is 1. The van der Waals surface area contributed by atoms with Crippen LogP contribution in [0.1, 0.15) is 18.1 Å². The van der Waals surface area contributed by atoms with Gasteiger partial charge >= 0.3 is 0 Å². The number of nitrogens with one attached hydrogen (secondary N) is 2. The molecule has 25 heavy (non-hydrogen) atoms. The molecule has 0 spiro atoms. The lowest BCUT2D eigenvalue weighted by Crippen LogP contribution is -2.10. The van der Waals surface area contributed by atoms with E-state index in [-0.39, 0.29) is 0 Å². The Morgan fingerprint density at radius 2 is 1.92 bits per heavy atom. The zero-order chi connectivity index (χ0) is 17.6. The average molecular weight is 353 g/mol. The summed E-state index contributed by atoms with van der Waals surface area (Å²) in [5, 5.41) is 11.3. The van der Waals surface area contributed by atoms with Crippen molar-refractivity contribution in [1.29, 1.82) is 0 Å². The zero-order valence-electron chi connectivity index (χ0n) is 14.1. The highest BCUT2D eigenvalue weighted by atomic mass is 32.1. The molecule has 7 heteroatoms. The maximum Gasteiger partial charge on any atom is 0.216 e. The molecule has 0 fully saturated rings. The second kappa shape index (κ2) is 7.76. The molecular formula is C18H19N5OS. The summed E-state index contributed by atoms with van der Waals surface area (Å²) in [4.78, 5) is 0. The van der Waals surface area contributed by atoms with Gasteiger partial charge in [0.2, 0.25) is 4.77 Å². The first-order chi connectivity index (χ1) is 12.2. The standard InChI is InChI=1S/C18H19N5OS/c1-3-24-16-10-8-15(9-11-16)17-20-21-18(25)23(17)22-19-12-14-6-4-13(2)5-7-14/h4-12,22H,3H2,1-2H3,(H,21,25). The largest absolute Gasteiger partial charge is 0.494 e. The lowest BCUT2D eigenvalue weighted by molar-refractivity contribution is 0.340. The third-order valence-electron chi connectivity index (χ3n) is 3.54. The van der Waals surface area contributed by atoms with Crippen LogP contribution >= 0.6 is 12.2 Å². The molecule has 3 rings (SSSR count). The Bertz CT molecular complexity index is 910. The molecule has 2 aromatic carbocycles. The Labute approximate surface area is 151 Å². The number of hydrogen-bond donors (Lipinski definition) is 2. The van der Waals surface area contributed by atoms with Gasteiger partial charge < -0.3 is 4.74 Å². The van der Waals surface area contributed by atoms with E-state index in [0.29, 0.717) is 17.2 Å². The molecule has 0 aliphatic heterocycles. The van der Waals surface area contributed by atoms with Crippen LogP contribution in [0.15, 0.2) is 53.6 Å². The van der Waals surface area contributed by atoms with E-state index in [1.807, 2.05) is 62.4 Å². The maximum absolute atomic E-state index is 5.46. The fraction of sp³-hybridized carbons (Fsp3) is 0.167. The zero-order valence-corrected chi connectivity index (χ0v) is 14.9. The van der Waals surface area contributed by atoms with Crippen LogP contribution in [-0.2, 0) is 0 Å². The van der Waals surface area contributed by atoms with Crippen molar-refractivity contribution in [3.8, 4) is 17.1 Å². The minimum atomic E-state index is 0.435. The van der Waals surface area contributed by atoms with Crippen LogP contribution in [0, 0.1) is 11.7 Å². The monoisotopic (exact) mass is 353 g/mol. The van der Waals surface area contributed by atoms with Gasteiger partial charge in [-0.15, -0.1) is 0 Å². The van der Waals surface area contributed by atoms with Gasteiger partial charge in [-0.2, -0.15) is 14.9 Å². The van der Waals surface area contributed by atoms with Gasteiger partial charge in [-0.25, -0.2) is 10.6 Å². The van der Waals surface area contributed by atoms with Gasteiger partial charge in [0.1, 0.15) is 5.75 Å². The molecule has 0 amide bonds. The molecule has 3 aromatic rings. The topological polar surface area (TPSA) is 67.2 Å². The van der Waals surface area contributed by atoms with E-state index < -0.39 is 0 Å². The van der Waals surface area contributed by atoms with Crippen LogP contribution in [0.4, 0.5) is 0 Å². The van der Waals surface area contributed by atoms with Gasteiger partial charge in [0.15, 0.2) is 5.82 Å². The third-order valence-corrected chi connectivity index (χ3v) is 3.82. The van der Waals surface area contributed by atoms with Gasteiger partial charge in [-0.3, -0.25) is 0 Å². The smallest absolute Gasteiger partial charge is 0.216 e. The Morgan fingerprint density at radius 3 is 2.60 bits per heavy atom. The Morgan fingerprint density at radius 1 is 1.20 bits per heavy atom. The summed E-state index contributed by atoms with van der Waals surface area (Å²) < 4.78 is 7.52. The van der Waals surface area contributed by atoms with Crippen molar-refractivity contribution >= 4 is 18.4 Å². The number of aryl methyl sites for hydroxylation is 1. The van der Waals surface area contributed by atoms with Crippen LogP contribution in [0.25, 0.3) is 11.4 Å². The summed E-state index contributed by atoms with van der Waals surface area (Å²) in [6, 6.07) is 15.7. The lowest BCUT2D eigenvalue weighted by atomic mass is 10.2. The van der Waals surface area contributed by atoms with E-state index in [2.05, 4.69) is 20.8 Å². The number of aromatic nitrogens is 3. The number of benzene rings is 2.